The van der Waals surface area contributed by atoms with Gasteiger partial charge < -0.3 is 5.32 Å². The second kappa shape index (κ2) is 3.82. The van der Waals surface area contributed by atoms with E-state index in [-0.39, 0.29) is 11.3 Å². The van der Waals surface area contributed by atoms with Gasteiger partial charge in [-0.1, -0.05) is 12.1 Å². The number of nitrogens with one attached hydrogen (secondary N) is 1. The molecule has 1 aromatic rings. The number of benzene rings is 1. The molecule has 0 unspecified atom stereocenters. The zero-order chi connectivity index (χ0) is 10.8. The number of carbonyl (C=O) groups excluding carboxylic acids is 1. The van der Waals surface area contributed by atoms with Crippen LogP contribution in [0.1, 0.15) is 38.1 Å². The summed E-state index contributed by atoms with van der Waals surface area (Å²) in [6, 6.07) is 7.58. The van der Waals surface area contributed by atoms with E-state index in [0.29, 0.717) is 0 Å². The molecule has 0 spiro atoms. The van der Waals surface area contributed by atoms with Gasteiger partial charge in [-0.25, -0.2) is 0 Å². The lowest BCUT2D eigenvalue weighted by Crippen LogP contribution is -2.26. The van der Waals surface area contributed by atoms with Gasteiger partial charge in [0.15, 0.2) is 5.78 Å². The van der Waals surface area contributed by atoms with Gasteiger partial charge in [-0.05, 0) is 39.8 Å². The summed E-state index contributed by atoms with van der Waals surface area (Å²) in [5.41, 5.74) is 1.76. The van der Waals surface area contributed by atoms with Crippen molar-refractivity contribution in [3.05, 3.63) is 29.8 Å². The Bertz CT molecular complexity index is 336. The van der Waals surface area contributed by atoms with Crippen LogP contribution in [0.4, 0.5) is 5.69 Å². The SMILES string of the molecule is CC(=O)c1cccc(NC(C)(C)C)c1. The lowest BCUT2D eigenvalue weighted by atomic mass is 10.1. The van der Waals surface area contributed by atoms with Gasteiger partial charge in [0.1, 0.15) is 0 Å². The van der Waals surface area contributed by atoms with Crippen LogP contribution in [0.2, 0.25) is 0 Å². The molecule has 0 aliphatic carbocycles. The minimum absolute atomic E-state index is 0.0232. The lowest BCUT2D eigenvalue weighted by Gasteiger charge is -2.22. The normalized spacial score (nSPS) is 11.1. The average molecular weight is 191 g/mol. The molecule has 2 heteroatoms. The first-order chi connectivity index (χ1) is 6.38. The molecule has 1 rings (SSSR count). The van der Waals surface area contributed by atoms with E-state index in [1.807, 2.05) is 24.3 Å². The molecule has 0 saturated heterocycles. The third-order valence-corrected chi connectivity index (χ3v) is 1.79. The topological polar surface area (TPSA) is 29.1 Å². The van der Waals surface area contributed by atoms with Crippen molar-refractivity contribution in [1.29, 1.82) is 0 Å². The highest BCUT2D eigenvalue weighted by Crippen LogP contribution is 2.16. The summed E-state index contributed by atoms with van der Waals surface area (Å²) in [6.45, 7) is 7.85. The second-order valence-corrected chi connectivity index (χ2v) is 4.51. The Morgan fingerprint density at radius 1 is 1.29 bits per heavy atom. The first-order valence-electron chi connectivity index (χ1n) is 4.78. The predicted molar refractivity (Wildman–Crippen MR) is 59.8 cm³/mol. The zero-order valence-corrected chi connectivity index (χ0v) is 9.22. The number of ketones is 1. The Hall–Kier alpha value is -1.31. The van der Waals surface area contributed by atoms with Gasteiger partial charge in [0.05, 0.1) is 0 Å². The summed E-state index contributed by atoms with van der Waals surface area (Å²) in [5, 5.41) is 3.32. The summed E-state index contributed by atoms with van der Waals surface area (Å²) in [5.74, 6) is 0.0996. The molecule has 0 bridgehead atoms. The van der Waals surface area contributed by atoms with Crippen molar-refractivity contribution in [2.45, 2.75) is 33.2 Å². The molecule has 0 fully saturated rings. The van der Waals surface area contributed by atoms with Crippen LogP contribution in [0.3, 0.4) is 0 Å². The highest BCUT2D eigenvalue weighted by atomic mass is 16.1. The van der Waals surface area contributed by atoms with Gasteiger partial charge in [-0.15, -0.1) is 0 Å². The van der Waals surface area contributed by atoms with Crippen molar-refractivity contribution in [2.24, 2.45) is 0 Å². The van der Waals surface area contributed by atoms with Crippen LogP contribution in [0.15, 0.2) is 24.3 Å². The summed E-state index contributed by atoms with van der Waals surface area (Å²) < 4.78 is 0. The minimum atomic E-state index is 0.0232. The number of Topliss-reactive ketones (excluding diaryl/α,β-unsaturated/α-hetero) is 1. The molecule has 0 aliphatic heterocycles. The Balaban J connectivity index is 2.89. The zero-order valence-electron chi connectivity index (χ0n) is 9.22. The van der Waals surface area contributed by atoms with E-state index in [4.69, 9.17) is 0 Å². The fraction of sp³-hybridized carbons (Fsp3) is 0.417. The first kappa shape index (κ1) is 10.8. The standard InChI is InChI=1S/C12H17NO/c1-9(14)10-6-5-7-11(8-10)13-12(2,3)4/h5-8,13H,1-4H3. The van der Waals surface area contributed by atoms with Crippen molar-refractivity contribution < 1.29 is 4.79 Å². The van der Waals surface area contributed by atoms with Crippen LogP contribution >= 0.6 is 0 Å². The number of anilines is 1. The third-order valence-electron chi connectivity index (χ3n) is 1.79. The first-order valence-corrected chi connectivity index (χ1v) is 4.78. The van der Waals surface area contributed by atoms with Gasteiger partial charge in [0.2, 0.25) is 0 Å². The van der Waals surface area contributed by atoms with E-state index < -0.39 is 0 Å². The Labute approximate surface area is 85.3 Å². The molecule has 0 aliphatic rings. The molecule has 0 radical (unpaired) electrons. The van der Waals surface area contributed by atoms with Crippen LogP contribution in [0.25, 0.3) is 0 Å². The summed E-state index contributed by atoms with van der Waals surface area (Å²) in [6.07, 6.45) is 0. The van der Waals surface area contributed by atoms with Gasteiger partial charge in [0.25, 0.3) is 0 Å². The van der Waals surface area contributed by atoms with Crippen LogP contribution in [-0.4, -0.2) is 11.3 Å². The molecule has 0 aromatic heterocycles. The molecule has 0 amide bonds. The molecule has 1 aromatic carbocycles. The van der Waals surface area contributed by atoms with E-state index in [1.165, 1.54) is 0 Å². The van der Waals surface area contributed by atoms with Crippen molar-refractivity contribution >= 4 is 11.5 Å². The summed E-state index contributed by atoms with van der Waals surface area (Å²) >= 11 is 0. The third kappa shape index (κ3) is 3.21. The predicted octanol–water partition coefficient (Wildman–Crippen LogP) is 3.10. The van der Waals surface area contributed by atoms with E-state index in [9.17, 15) is 4.79 Å². The number of rotatable bonds is 2. The number of hydrogen-bond acceptors (Lipinski definition) is 2. The van der Waals surface area contributed by atoms with Gasteiger partial charge >= 0.3 is 0 Å². The molecular weight excluding hydrogens is 174 g/mol. The van der Waals surface area contributed by atoms with Crippen molar-refractivity contribution in [3.8, 4) is 0 Å². The van der Waals surface area contributed by atoms with Crippen molar-refractivity contribution in [1.82, 2.24) is 0 Å². The molecular formula is C12H17NO. The van der Waals surface area contributed by atoms with Gasteiger partial charge in [-0.3, -0.25) is 4.79 Å². The van der Waals surface area contributed by atoms with Crippen LogP contribution in [0, 0.1) is 0 Å². The molecule has 0 atom stereocenters. The fourth-order valence-corrected chi connectivity index (χ4v) is 1.25. The number of hydrogen-bond donors (Lipinski definition) is 1. The highest BCUT2D eigenvalue weighted by molar-refractivity contribution is 5.94. The quantitative estimate of drug-likeness (QED) is 0.728. The fourth-order valence-electron chi connectivity index (χ4n) is 1.25. The molecule has 14 heavy (non-hydrogen) atoms. The van der Waals surface area contributed by atoms with Crippen LogP contribution < -0.4 is 5.32 Å². The van der Waals surface area contributed by atoms with E-state index in [1.54, 1.807) is 6.92 Å². The number of carbonyl (C=O) groups is 1. The molecule has 0 heterocycles. The van der Waals surface area contributed by atoms with Crippen LogP contribution in [0.5, 0.6) is 0 Å². The van der Waals surface area contributed by atoms with E-state index >= 15 is 0 Å². The van der Waals surface area contributed by atoms with Crippen LogP contribution in [-0.2, 0) is 0 Å². The maximum absolute atomic E-state index is 11.1. The second-order valence-electron chi connectivity index (χ2n) is 4.51. The summed E-state index contributed by atoms with van der Waals surface area (Å²) in [7, 11) is 0. The average Bonchev–Trinajstić information content (AvgIpc) is 2.01. The molecule has 2 nitrogen and oxygen atoms in total. The minimum Gasteiger partial charge on any atom is -0.380 e. The van der Waals surface area contributed by atoms with Crippen molar-refractivity contribution in [2.75, 3.05) is 5.32 Å². The maximum Gasteiger partial charge on any atom is 0.159 e. The largest absolute Gasteiger partial charge is 0.380 e. The maximum atomic E-state index is 11.1. The highest BCUT2D eigenvalue weighted by Gasteiger charge is 2.09. The van der Waals surface area contributed by atoms with E-state index in [2.05, 4.69) is 26.1 Å². The molecule has 0 saturated carbocycles. The molecule has 76 valence electrons. The van der Waals surface area contributed by atoms with Crippen molar-refractivity contribution in [3.63, 3.8) is 0 Å². The van der Waals surface area contributed by atoms with E-state index in [0.717, 1.165) is 11.3 Å². The Morgan fingerprint density at radius 3 is 2.43 bits per heavy atom. The lowest BCUT2D eigenvalue weighted by molar-refractivity contribution is 0.101. The monoisotopic (exact) mass is 191 g/mol. The Morgan fingerprint density at radius 2 is 1.93 bits per heavy atom. The van der Waals surface area contributed by atoms with Gasteiger partial charge in [0, 0.05) is 16.8 Å². The molecule has 1 N–H and O–H groups in total. The Kier molecular flexibility index (Phi) is 2.94. The van der Waals surface area contributed by atoms with Gasteiger partial charge in [-0.2, -0.15) is 0 Å². The smallest absolute Gasteiger partial charge is 0.159 e. The summed E-state index contributed by atoms with van der Waals surface area (Å²) in [4.78, 5) is 11.1.